The van der Waals surface area contributed by atoms with Crippen LogP contribution in [0.1, 0.15) is 42.5 Å². The van der Waals surface area contributed by atoms with Crippen molar-refractivity contribution in [3.8, 4) is 0 Å². The summed E-state index contributed by atoms with van der Waals surface area (Å²) in [5.74, 6) is 0.0762. The van der Waals surface area contributed by atoms with Gasteiger partial charge in [-0.3, -0.25) is 19.7 Å². The van der Waals surface area contributed by atoms with Gasteiger partial charge in [-0.05, 0) is 42.7 Å². The molecule has 3 rings (SSSR count). The van der Waals surface area contributed by atoms with E-state index in [4.69, 9.17) is 23.2 Å². The molecule has 2 N–H and O–H groups in total. The van der Waals surface area contributed by atoms with E-state index in [0.717, 1.165) is 0 Å². The third-order valence-electron chi connectivity index (χ3n) is 5.25. The first kappa shape index (κ1) is 29.2. The van der Waals surface area contributed by atoms with Crippen LogP contribution in [0.4, 0.5) is 11.4 Å². The Morgan fingerprint density at radius 1 is 1.18 bits per heavy atom. The molecule has 10 nitrogen and oxygen atoms in total. The van der Waals surface area contributed by atoms with Gasteiger partial charge in [0.1, 0.15) is 0 Å². The molecule has 0 aliphatic carbocycles. The molecule has 0 aliphatic heterocycles. The van der Waals surface area contributed by atoms with Gasteiger partial charge in [0.2, 0.25) is 5.91 Å². The first-order chi connectivity index (χ1) is 18.1. The highest BCUT2D eigenvalue weighted by molar-refractivity contribution is 7.99. The minimum Gasteiger partial charge on any atom is -0.342 e. The van der Waals surface area contributed by atoms with Crippen molar-refractivity contribution in [3.63, 3.8) is 0 Å². The SMILES string of the molecule is C=CCn1c(SCC(=O)Nc2ccc([N+](=O)[O-])cc2)nnc1[C@@H](CC(C)C)NC(=O)c1ccc(Cl)cc1Cl. The Hall–Kier alpha value is -3.41. The fraction of sp³-hybridized carbons (Fsp3) is 0.280. The van der Waals surface area contributed by atoms with Gasteiger partial charge >= 0.3 is 0 Å². The van der Waals surface area contributed by atoms with Gasteiger partial charge in [0, 0.05) is 29.4 Å². The standard InChI is InChI=1S/C25H26Cl2N6O4S/c1-4-11-32-23(21(12-15(2)3)29-24(35)19-10-5-16(26)13-20(19)27)30-31-25(32)38-14-22(34)28-17-6-8-18(9-7-17)33(36)37/h4-10,13,15,21H,1,11-12,14H2,2-3H3,(H,28,34)(H,29,35)/t21-/m1/s1. The van der Waals surface area contributed by atoms with E-state index in [1.807, 2.05) is 13.8 Å². The number of aromatic nitrogens is 3. The molecule has 13 heteroatoms. The molecule has 0 bridgehead atoms. The van der Waals surface area contributed by atoms with Crippen LogP contribution in [-0.4, -0.2) is 37.3 Å². The highest BCUT2D eigenvalue weighted by atomic mass is 35.5. The van der Waals surface area contributed by atoms with Gasteiger partial charge < -0.3 is 15.2 Å². The Morgan fingerprint density at radius 2 is 1.89 bits per heavy atom. The molecule has 0 radical (unpaired) electrons. The molecule has 0 saturated heterocycles. The van der Waals surface area contributed by atoms with Gasteiger partial charge in [-0.2, -0.15) is 0 Å². The van der Waals surface area contributed by atoms with Crippen LogP contribution in [-0.2, 0) is 11.3 Å². The lowest BCUT2D eigenvalue weighted by Gasteiger charge is -2.21. The third kappa shape index (κ3) is 7.80. The lowest BCUT2D eigenvalue weighted by Crippen LogP contribution is -2.32. The highest BCUT2D eigenvalue weighted by Gasteiger charge is 2.25. The number of anilines is 1. The monoisotopic (exact) mass is 576 g/mol. The lowest BCUT2D eigenvalue weighted by atomic mass is 10.0. The van der Waals surface area contributed by atoms with E-state index in [1.54, 1.807) is 22.8 Å². The Kier molecular flexibility index (Phi) is 10.3. The molecule has 0 unspecified atom stereocenters. The molecule has 1 heterocycles. The number of nitro benzene ring substituents is 1. The maximum Gasteiger partial charge on any atom is 0.269 e. The second-order valence-electron chi connectivity index (χ2n) is 8.66. The molecule has 0 saturated carbocycles. The van der Waals surface area contributed by atoms with Crippen molar-refractivity contribution in [1.82, 2.24) is 20.1 Å². The molecule has 0 fully saturated rings. The number of nitrogens with zero attached hydrogens (tertiary/aromatic N) is 4. The first-order valence-electron chi connectivity index (χ1n) is 11.6. The molecule has 1 aromatic heterocycles. The zero-order chi connectivity index (χ0) is 27.8. The van der Waals surface area contributed by atoms with Crippen molar-refractivity contribution in [2.45, 2.75) is 38.0 Å². The molecule has 38 heavy (non-hydrogen) atoms. The van der Waals surface area contributed by atoms with Gasteiger partial charge in [0.25, 0.3) is 11.6 Å². The summed E-state index contributed by atoms with van der Waals surface area (Å²) in [5.41, 5.74) is 0.663. The third-order valence-corrected chi connectivity index (χ3v) is 6.77. The van der Waals surface area contributed by atoms with Crippen LogP contribution in [0.2, 0.25) is 10.0 Å². The number of hydrogen-bond acceptors (Lipinski definition) is 7. The van der Waals surface area contributed by atoms with E-state index in [0.29, 0.717) is 34.7 Å². The number of amides is 2. The summed E-state index contributed by atoms with van der Waals surface area (Å²) >= 11 is 13.4. The smallest absolute Gasteiger partial charge is 0.269 e. The fourth-order valence-electron chi connectivity index (χ4n) is 3.57. The number of carbonyl (C=O) groups is 2. The molecule has 1 atom stereocenters. The molecule has 0 aliphatic rings. The van der Waals surface area contributed by atoms with Crippen LogP contribution in [0.5, 0.6) is 0 Å². The van der Waals surface area contributed by atoms with Crippen molar-refractivity contribution < 1.29 is 14.5 Å². The van der Waals surface area contributed by atoms with Crippen LogP contribution < -0.4 is 10.6 Å². The first-order valence-corrected chi connectivity index (χ1v) is 13.3. The molecule has 2 amide bonds. The van der Waals surface area contributed by atoms with Crippen molar-refractivity contribution in [3.05, 3.63) is 86.7 Å². The van der Waals surface area contributed by atoms with Crippen LogP contribution in [0.15, 0.2) is 60.3 Å². The number of nitrogens with one attached hydrogen (secondary N) is 2. The largest absolute Gasteiger partial charge is 0.342 e. The number of nitro groups is 1. The van der Waals surface area contributed by atoms with Crippen molar-refractivity contribution in [1.29, 1.82) is 0 Å². The summed E-state index contributed by atoms with van der Waals surface area (Å²) < 4.78 is 1.80. The lowest BCUT2D eigenvalue weighted by molar-refractivity contribution is -0.384. The van der Waals surface area contributed by atoms with Gasteiger partial charge in [-0.15, -0.1) is 16.8 Å². The minimum atomic E-state index is -0.509. The number of carbonyl (C=O) groups excluding carboxylic acids is 2. The normalized spacial score (nSPS) is 11.7. The maximum atomic E-state index is 13.1. The van der Waals surface area contributed by atoms with Gasteiger partial charge in [0.05, 0.1) is 27.3 Å². The number of allylic oxidation sites excluding steroid dienone is 1. The molecule has 0 spiro atoms. The van der Waals surface area contributed by atoms with Crippen molar-refractivity contribution in [2.75, 3.05) is 11.1 Å². The number of benzene rings is 2. The average molecular weight is 577 g/mol. The number of halogens is 2. The zero-order valence-corrected chi connectivity index (χ0v) is 23.0. The molecular formula is C25H26Cl2N6O4S. The van der Waals surface area contributed by atoms with E-state index >= 15 is 0 Å². The van der Waals surface area contributed by atoms with Crippen molar-refractivity contribution >= 4 is 58.2 Å². The Bertz CT molecular complexity index is 1330. The quantitative estimate of drug-likeness (QED) is 0.118. The summed E-state index contributed by atoms with van der Waals surface area (Å²) in [6.45, 7) is 8.23. The molecule has 3 aromatic rings. The van der Waals surface area contributed by atoms with E-state index in [1.165, 1.54) is 42.1 Å². The van der Waals surface area contributed by atoms with Crippen LogP contribution in [0.3, 0.4) is 0 Å². The fourth-order valence-corrected chi connectivity index (χ4v) is 4.82. The van der Waals surface area contributed by atoms with Crippen LogP contribution >= 0.6 is 35.0 Å². The van der Waals surface area contributed by atoms with Crippen LogP contribution in [0, 0.1) is 16.0 Å². The minimum absolute atomic E-state index is 0.0217. The highest BCUT2D eigenvalue weighted by Crippen LogP contribution is 2.27. The zero-order valence-electron chi connectivity index (χ0n) is 20.7. The molecular weight excluding hydrogens is 551 g/mol. The Balaban J connectivity index is 1.76. The maximum absolute atomic E-state index is 13.1. The second kappa shape index (κ2) is 13.4. The Labute approximate surface area is 234 Å². The summed E-state index contributed by atoms with van der Waals surface area (Å²) in [6, 6.07) is 9.74. The van der Waals surface area contributed by atoms with Gasteiger partial charge in [-0.1, -0.05) is 54.9 Å². The molecule has 200 valence electrons. The Morgan fingerprint density at radius 3 is 2.50 bits per heavy atom. The number of hydrogen-bond donors (Lipinski definition) is 2. The number of rotatable bonds is 12. The van der Waals surface area contributed by atoms with Crippen molar-refractivity contribution in [2.24, 2.45) is 5.92 Å². The summed E-state index contributed by atoms with van der Waals surface area (Å²) in [6.07, 6.45) is 2.26. The number of thioether (sulfide) groups is 1. The summed E-state index contributed by atoms with van der Waals surface area (Å²) in [5, 5.41) is 26.2. The second-order valence-corrected chi connectivity index (χ2v) is 10.4. The summed E-state index contributed by atoms with van der Waals surface area (Å²) in [4.78, 5) is 35.8. The topological polar surface area (TPSA) is 132 Å². The van der Waals surface area contributed by atoms with Crippen LogP contribution in [0.25, 0.3) is 0 Å². The van der Waals surface area contributed by atoms with E-state index in [9.17, 15) is 19.7 Å². The molecule has 2 aromatic carbocycles. The number of non-ortho nitro benzene ring substituents is 1. The van der Waals surface area contributed by atoms with E-state index < -0.39 is 11.0 Å². The van der Waals surface area contributed by atoms with Gasteiger partial charge in [-0.25, -0.2) is 0 Å². The average Bonchev–Trinajstić information content (AvgIpc) is 3.25. The summed E-state index contributed by atoms with van der Waals surface area (Å²) in [7, 11) is 0. The van der Waals surface area contributed by atoms with Gasteiger partial charge in [0.15, 0.2) is 11.0 Å². The van der Waals surface area contributed by atoms with E-state index in [2.05, 4.69) is 27.4 Å². The predicted octanol–water partition coefficient (Wildman–Crippen LogP) is 5.93. The van der Waals surface area contributed by atoms with E-state index in [-0.39, 0.29) is 39.8 Å². The predicted molar refractivity (Wildman–Crippen MR) is 149 cm³/mol.